The number of esters is 1. The molecule has 2 amide bonds. The monoisotopic (exact) mass is 499 g/mol. The SMILES string of the molecule is CC1=C(C(=O)OCc2ccc([N+](=O)[O-])cc2)N2C(=O)C(NC(=O)COc3ccc(O)cc3)[C@H]2SC1. The molecule has 2 aromatic carbocycles. The largest absolute Gasteiger partial charge is 0.508 e. The van der Waals surface area contributed by atoms with Gasteiger partial charge in [0.1, 0.15) is 35.2 Å². The second-order valence-electron chi connectivity index (χ2n) is 7.87. The van der Waals surface area contributed by atoms with Gasteiger partial charge in [-0.1, -0.05) is 0 Å². The van der Waals surface area contributed by atoms with E-state index in [0.29, 0.717) is 22.6 Å². The van der Waals surface area contributed by atoms with Gasteiger partial charge in [-0.15, -0.1) is 11.8 Å². The van der Waals surface area contributed by atoms with E-state index >= 15 is 0 Å². The van der Waals surface area contributed by atoms with Gasteiger partial charge in [0.2, 0.25) is 0 Å². The first-order valence-electron chi connectivity index (χ1n) is 10.5. The van der Waals surface area contributed by atoms with Crippen LogP contribution in [0.3, 0.4) is 0 Å². The number of fused-ring (bicyclic) bond motifs is 1. The molecule has 1 unspecified atom stereocenters. The smallest absolute Gasteiger partial charge is 0.355 e. The molecule has 4 rings (SSSR count). The van der Waals surface area contributed by atoms with Gasteiger partial charge in [-0.25, -0.2) is 4.79 Å². The Morgan fingerprint density at radius 1 is 1.20 bits per heavy atom. The third kappa shape index (κ3) is 5.22. The minimum atomic E-state index is -0.804. The Hall–Kier alpha value is -4.06. The lowest BCUT2D eigenvalue weighted by Crippen LogP contribution is -2.70. The Morgan fingerprint density at radius 3 is 2.54 bits per heavy atom. The molecule has 35 heavy (non-hydrogen) atoms. The third-order valence-electron chi connectivity index (χ3n) is 5.39. The predicted molar refractivity (Wildman–Crippen MR) is 124 cm³/mol. The van der Waals surface area contributed by atoms with E-state index in [1.165, 1.54) is 65.2 Å². The number of non-ortho nitro benzene ring substituents is 1. The van der Waals surface area contributed by atoms with Gasteiger partial charge in [0.15, 0.2) is 6.61 Å². The minimum Gasteiger partial charge on any atom is -0.508 e. The van der Waals surface area contributed by atoms with Crippen LogP contribution in [0.4, 0.5) is 5.69 Å². The first-order chi connectivity index (χ1) is 16.7. The number of nitrogens with one attached hydrogen (secondary N) is 1. The highest BCUT2D eigenvalue weighted by Crippen LogP contribution is 2.40. The fourth-order valence-electron chi connectivity index (χ4n) is 3.60. The van der Waals surface area contributed by atoms with E-state index in [1.54, 1.807) is 6.92 Å². The standard InChI is InChI=1S/C23H21N3O8S/c1-13-12-35-22-19(24-18(28)11-33-17-8-6-16(27)7-9-17)21(29)25(22)20(13)23(30)34-10-14-2-4-15(5-3-14)26(31)32/h2-9,19,22,27H,10-12H2,1H3,(H,24,28)/t19?,22-/m1/s1. The maximum Gasteiger partial charge on any atom is 0.355 e. The van der Waals surface area contributed by atoms with Crippen LogP contribution in [-0.2, 0) is 25.7 Å². The van der Waals surface area contributed by atoms with Crippen LogP contribution >= 0.6 is 11.8 Å². The van der Waals surface area contributed by atoms with Crippen molar-refractivity contribution in [1.29, 1.82) is 0 Å². The molecule has 0 saturated carbocycles. The molecule has 2 N–H and O–H groups in total. The number of carbonyl (C=O) groups is 3. The summed E-state index contributed by atoms with van der Waals surface area (Å²) in [5, 5.41) is 22.2. The molecule has 12 heteroatoms. The number of rotatable bonds is 8. The van der Waals surface area contributed by atoms with Crippen molar-refractivity contribution >= 4 is 35.2 Å². The topological polar surface area (TPSA) is 148 Å². The summed E-state index contributed by atoms with van der Waals surface area (Å²) in [5.74, 6) is -0.663. The van der Waals surface area contributed by atoms with Crippen LogP contribution in [0.25, 0.3) is 0 Å². The predicted octanol–water partition coefficient (Wildman–Crippen LogP) is 2.10. The molecule has 2 atom stereocenters. The number of nitrogens with zero attached hydrogens (tertiary/aromatic N) is 2. The van der Waals surface area contributed by atoms with Gasteiger partial charge in [-0.3, -0.25) is 24.6 Å². The van der Waals surface area contributed by atoms with Crippen molar-refractivity contribution in [1.82, 2.24) is 10.2 Å². The van der Waals surface area contributed by atoms with Crippen LogP contribution in [0.1, 0.15) is 12.5 Å². The van der Waals surface area contributed by atoms with E-state index in [2.05, 4.69) is 5.32 Å². The number of carbonyl (C=O) groups excluding carboxylic acids is 3. The lowest BCUT2D eigenvalue weighted by molar-refractivity contribution is -0.384. The zero-order valence-electron chi connectivity index (χ0n) is 18.5. The molecule has 2 aromatic rings. The van der Waals surface area contributed by atoms with Gasteiger partial charge >= 0.3 is 5.97 Å². The molecule has 2 aliphatic rings. The number of ether oxygens (including phenoxy) is 2. The minimum absolute atomic E-state index is 0.0708. The van der Waals surface area contributed by atoms with Gasteiger partial charge in [0.25, 0.3) is 17.5 Å². The Kier molecular flexibility index (Phi) is 6.92. The van der Waals surface area contributed by atoms with E-state index in [4.69, 9.17) is 9.47 Å². The van der Waals surface area contributed by atoms with Crippen LogP contribution in [0.5, 0.6) is 11.5 Å². The number of thioether (sulfide) groups is 1. The number of amides is 2. The number of phenols is 1. The number of nitro groups is 1. The van der Waals surface area contributed by atoms with Crippen molar-refractivity contribution in [2.45, 2.75) is 24.9 Å². The fourth-order valence-corrected chi connectivity index (χ4v) is 4.89. The second-order valence-corrected chi connectivity index (χ2v) is 8.97. The lowest BCUT2D eigenvalue weighted by atomic mass is 10.0. The van der Waals surface area contributed by atoms with E-state index in [9.17, 15) is 29.6 Å². The number of nitro benzene ring substituents is 1. The molecule has 11 nitrogen and oxygen atoms in total. The normalized spacial score (nSPS) is 18.9. The number of benzene rings is 2. The first-order valence-corrected chi connectivity index (χ1v) is 11.6. The zero-order valence-corrected chi connectivity index (χ0v) is 19.3. The molecule has 0 spiro atoms. The summed E-state index contributed by atoms with van der Waals surface area (Å²) in [6.07, 6.45) is 0. The van der Waals surface area contributed by atoms with Crippen LogP contribution in [0, 0.1) is 10.1 Å². The summed E-state index contributed by atoms with van der Waals surface area (Å²) in [7, 11) is 0. The number of hydrogen-bond donors (Lipinski definition) is 2. The van der Waals surface area contributed by atoms with Gasteiger partial charge in [0.05, 0.1) is 4.92 Å². The van der Waals surface area contributed by atoms with Gasteiger partial charge < -0.3 is 19.9 Å². The Morgan fingerprint density at radius 2 is 1.89 bits per heavy atom. The Labute approximate surface area is 203 Å². The molecular weight excluding hydrogens is 478 g/mol. The average Bonchev–Trinajstić information content (AvgIpc) is 2.85. The maximum absolute atomic E-state index is 12.8. The number of phenolic OH excluding ortho intramolecular Hbond substituents is 1. The molecule has 0 radical (unpaired) electrons. The van der Waals surface area contributed by atoms with Crippen molar-refractivity contribution in [3.63, 3.8) is 0 Å². The van der Waals surface area contributed by atoms with E-state index in [0.717, 1.165) is 0 Å². The fraction of sp³-hybridized carbons (Fsp3) is 0.261. The summed E-state index contributed by atoms with van der Waals surface area (Å²) in [4.78, 5) is 49.5. The summed E-state index contributed by atoms with van der Waals surface area (Å²) < 4.78 is 10.7. The molecule has 0 aliphatic carbocycles. The molecule has 1 fully saturated rings. The summed E-state index contributed by atoms with van der Waals surface area (Å²) in [5.41, 5.74) is 1.32. The highest BCUT2D eigenvalue weighted by molar-refractivity contribution is 8.00. The van der Waals surface area contributed by atoms with Gasteiger partial charge in [-0.05, 0) is 54.5 Å². The van der Waals surface area contributed by atoms with Crippen molar-refractivity contribution in [3.05, 3.63) is 75.5 Å². The van der Waals surface area contributed by atoms with E-state index in [-0.39, 0.29) is 30.3 Å². The number of aromatic hydroxyl groups is 1. The van der Waals surface area contributed by atoms with Crippen LogP contribution in [0.2, 0.25) is 0 Å². The van der Waals surface area contributed by atoms with Crippen molar-refractivity contribution in [2.24, 2.45) is 0 Å². The summed E-state index contributed by atoms with van der Waals surface area (Å²) in [6, 6.07) is 10.7. The van der Waals surface area contributed by atoms with Crippen LogP contribution < -0.4 is 10.1 Å². The molecule has 1 saturated heterocycles. The van der Waals surface area contributed by atoms with Crippen molar-refractivity contribution < 1.29 is 33.9 Å². The maximum atomic E-state index is 12.8. The number of β-lactam (4-membered cyclic amide) rings is 1. The quantitative estimate of drug-likeness (QED) is 0.241. The van der Waals surface area contributed by atoms with E-state index in [1.807, 2.05) is 0 Å². The molecule has 0 bridgehead atoms. The Balaban J connectivity index is 1.33. The Bertz CT molecular complexity index is 1200. The van der Waals surface area contributed by atoms with Crippen molar-refractivity contribution in [2.75, 3.05) is 12.4 Å². The lowest BCUT2D eigenvalue weighted by Gasteiger charge is -2.49. The summed E-state index contributed by atoms with van der Waals surface area (Å²) in [6.45, 7) is 1.31. The highest BCUT2D eigenvalue weighted by Gasteiger charge is 2.54. The van der Waals surface area contributed by atoms with E-state index < -0.39 is 34.1 Å². The molecule has 2 aliphatic heterocycles. The van der Waals surface area contributed by atoms with Gasteiger partial charge in [-0.2, -0.15) is 0 Å². The van der Waals surface area contributed by atoms with Crippen LogP contribution in [0.15, 0.2) is 59.8 Å². The average molecular weight is 500 g/mol. The third-order valence-corrected chi connectivity index (χ3v) is 6.82. The molecule has 2 heterocycles. The van der Waals surface area contributed by atoms with Crippen LogP contribution in [-0.4, -0.2) is 56.5 Å². The highest BCUT2D eigenvalue weighted by atomic mass is 32.2. The van der Waals surface area contributed by atoms with Crippen molar-refractivity contribution in [3.8, 4) is 11.5 Å². The van der Waals surface area contributed by atoms with Gasteiger partial charge in [0, 0.05) is 17.9 Å². The zero-order chi connectivity index (χ0) is 25.1. The second kappa shape index (κ2) is 10.1. The summed E-state index contributed by atoms with van der Waals surface area (Å²) >= 11 is 1.42. The molecular formula is C23H21N3O8S. The first kappa shape index (κ1) is 24.1. The molecule has 0 aromatic heterocycles. The molecule has 182 valence electrons. The number of hydrogen-bond acceptors (Lipinski definition) is 9.